The van der Waals surface area contributed by atoms with Gasteiger partial charge in [0.25, 0.3) is 5.91 Å². The van der Waals surface area contributed by atoms with Gasteiger partial charge >= 0.3 is 5.97 Å². The number of anilines is 1. The summed E-state index contributed by atoms with van der Waals surface area (Å²) in [6, 6.07) is 6.64. The van der Waals surface area contributed by atoms with Crippen molar-refractivity contribution in [2.75, 3.05) is 18.9 Å². The van der Waals surface area contributed by atoms with E-state index in [9.17, 15) is 9.59 Å². The summed E-state index contributed by atoms with van der Waals surface area (Å²) in [5, 5.41) is 2.77. The molecule has 0 saturated heterocycles. The van der Waals surface area contributed by atoms with Gasteiger partial charge in [-0.3, -0.25) is 4.79 Å². The number of nitrogens with two attached hydrogens (primary N) is 1. The fraction of sp³-hybridized carbons (Fsp3) is 0.467. The minimum atomic E-state index is -0.601. The van der Waals surface area contributed by atoms with E-state index in [1.807, 2.05) is 20.8 Å². The lowest BCUT2D eigenvalue weighted by Gasteiger charge is -2.24. The largest absolute Gasteiger partial charge is 0.482 e. The third-order valence-electron chi connectivity index (χ3n) is 2.96. The van der Waals surface area contributed by atoms with Crippen LogP contribution in [0.4, 0.5) is 5.69 Å². The predicted octanol–water partition coefficient (Wildman–Crippen LogP) is 1.50. The van der Waals surface area contributed by atoms with Crippen molar-refractivity contribution in [3.63, 3.8) is 0 Å². The van der Waals surface area contributed by atoms with Crippen molar-refractivity contribution in [1.29, 1.82) is 0 Å². The van der Waals surface area contributed by atoms with E-state index in [1.165, 1.54) is 0 Å². The maximum Gasteiger partial charge on any atom is 0.344 e. The van der Waals surface area contributed by atoms with Crippen molar-refractivity contribution in [2.45, 2.75) is 32.7 Å². The first-order chi connectivity index (χ1) is 9.82. The Morgan fingerprint density at radius 2 is 1.81 bits per heavy atom. The van der Waals surface area contributed by atoms with E-state index in [0.717, 1.165) is 6.42 Å². The summed E-state index contributed by atoms with van der Waals surface area (Å²) in [7, 11) is 0. The zero-order chi connectivity index (χ0) is 15.9. The van der Waals surface area contributed by atoms with Gasteiger partial charge in [0.1, 0.15) is 5.75 Å². The van der Waals surface area contributed by atoms with Gasteiger partial charge in [-0.05, 0) is 44.5 Å². The van der Waals surface area contributed by atoms with Gasteiger partial charge in [0, 0.05) is 11.2 Å². The average Bonchev–Trinajstić information content (AvgIpc) is 2.44. The number of esters is 1. The Morgan fingerprint density at radius 1 is 1.19 bits per heavy atom. The zero-order valence-corrected chi connectivity index (χ0v) is 12.6. The SMILES string of the molecule is CCC(C)(C)NC(=O)COC(=O)COc1ccc(N)cc1. The average molecular weight is 294 g/mol. The molecule has 6 nitrogen and oxygen atoms in total. The topological polar surface area (TPSA) is 90.6 Å². The highest BCUT2D eigenvalue weighted by Crippen LogP contribution is 2.12. The molecular formula is C15H22N2O4. The lowest BCUT2D eigenvalue weighted by Crippen LogP contribution is -2.44. The molecule has 0 aliphatic rings. The number of nitrogen functional groups attached to an aromatic ring is 1. The molecular weight excluding hydrogens is 272 g/mol. The highest BCUT2D eigenvalue weighted by Gasteiger charge is 2.18. The van der Waals surface area contributed by atoms with Crippen LogP contribution in [-0.4, -0.2) is 30.6 Å². The molecule has 1 aromatic rings. The van der Waals surface area contributed by atoms with Crippen molar-refractivity contribution in [3.8, 4) is 5.75 Å². The molecule has 0 aromatic heterocycles. The first-order valence-corrected chi connectivity index (χ1v) is 6.77. The highest BCUT2D eigenvalue weighted by atomic mass is 16.6. The van der Waals surface area contributed by atoms with Gasteiger partial charge in [-0.25, -0.2) is 4.79 Å². The molecule has 0 spiro atoms. The second-order valence-electron chi connectivity index (χ2n) is 5.30. The van der Waals surface area contributed by atoms with E-state index in [1.54, 1.807) is 24.3 Å². The van der Waals surface area contributed by atoms with Gasteiger partial charge in [-0.1, -0.05) is 6.92 Å². The van der Waals surface area contributed by atoms with Crippen LogP contribution < -0.4 is 15.8 Å². The summed E-state index contributed by atoms with van der Waals surface area (Å²) >= 11 is 0. The summed E-state index contributed by atoms with van der Waals surface area (Å²) in [4.78, 5) is 23.1. The van der Waals surface area contributed by atoms with Crippen molar-refractivity contribution < 1.29 is 19.1 Å². The van der Waals surface area contributed by atoms with E-state index < -0.39 is 5.97 Å². The fourth-order valence-electron chi connectivity index (χ4n) is 1.40. The molecule has 0 unspecified atom stereocenters. The van der Waals surface area contributed by atoms with Gasteiger partial charge in [-0.2, -0.15) is 0 Å². The predicted molar refractivity (Wildman–Crippen MR) is 79.8 cm³/mol. The summed E-state index contributed by atoms with van der Waals surface area (Å²) in [5.74, 6) is -0.420. The normalized spacial score (nSPS) is 10.8. The fourth-order valence-corrected chi connectivity index (χ4v) is 1.40. The molecule has 0 aliphatic carbocycles. The zero-order valence-electron chi connectivity index (χ0n) is 12.6. The van der Waals surface area contributed by atoms with Gasteiger partial charge in [-0.15, -0.1) is 0 Å². The van der Waals surface area contributed by atoms with Crippen molar-refractivity contribution in [3.05, 3.63) is 24.3 Å². The third kappa shape index (κ3) is 6.65. The second kappa shape index (κ2) is 7.52. The number of hydrogen-bond acceptors (Lipinski definition) is 5. The Morgan fingerprint density at radius 3 is 2.38 bits per heavy atom. The maximum atomic E-state index is 11.6. The van der Waals surface area contributed by atoms with Gasteiger partial charge < -0.3 is 20.5 Å². The minimum Gasteiger partial charge on any atom is -0.482 e. The van der Waals surface area contributed by atoms with E-state index in [-0.39, 0.29) is 24.7 Å². The molecule has 1 aromatic carbocycles. The first-order valence-electron chi connectivity index (χ1n) is 6.77. The Labute approximate surface area is 124 Å². The third-order valence-corrected chi connectivity index (χ3v) is 2.96. The number of carbonyl (C=O) groups excluding carboxylic acids is 2. The molecule has 116 valence electrons. The van der Waals surface area contributed by atoms with Crippen LogP contribution in [0.2, 0.25) is 0 Å². The van der Waals surface area contributed by atoms with Crippen LogP contribution in [-0.2, 0) is 14.3 Å². The van der Waals surface area contributed by atoms with Crippen LogP contribution in [0.5, 0.6) is 5.75 Å². The summed E-state index contributed by atoms with van der Waals surface area (Å²) < 4.78 is 10.1. The van der Waals surface area contributed by atoms with Crippen molar-refractivity contribution in [2.24, 2.45) is 0 Å². The minimum absolute atomic E-state index is 0.256. The van der Waals surface area contributed by atoms with E-state index in [0.29, 0.717) is 11.4 Å². The lowest BCUT2D eigenvalue weighted by atomic mass is 10.0. The van der Waals surface area contributed by atoms with Crippen molar-refractivity contribution in [1.82, 2.24) is 5.32 Å². The molecule has 0 radical (unpaired) electrons. The van der Waals surface area contributed by atoms with Gasteiger partial charge in [0.15, 0.2) is 13.2 Å². The second-order valence-corrected chi connectivity index (χ2v) is 5.30. The molecule has 6 heteroatoms. The van der Waals surface area contributed by atoms with Gasteiger partial charge in [0.05, 0.1) is 0 Å². The maximum absolute atomic E-state index is 11.6. The van der Waals surface area contributed by atoms with Crippen LogP contribution in [0.15, 0.2) is 24.3 Å². The molecule has 3 N–H and O–H groups in total. The van der Waals surface area contributed by atoms with E-state index in [2.05, 4.69) is 5.32 Å². The Kier molecular flexibility index (Phi) is 6.02. The Balaban J connectivity index is 2.28. The summed E-state index contributed by atoms with van der Waals surface area (Å²) in [6.07, 6.45) is 0.785. The molecule has 0 atom stereocenters. The molecule has 0 fully saturated rings. The first kappa shape index (κ1) is 16.8. The number of rotatable bonds is 7. The van der Waals surface area contributed by atoms with Crippen molar-refractivity contribution >= 4 is 17.6 Å². The van der Waals surface area contributed by atoms with Crippen LogP contribution in [0.1, 0.15) is 27.2 Å². The van der Waals surface area contributed by atoms with Crippen LogP contribution in [0.25, 0.3) is 0 Å². The quantitative estimate of drug-likeness (QED) is 0.587. The molecule has 1 amide bonds. The summed E-state index contributed by atoms with van der Waals surface area (Å²) in [5.41, 5.74) is 5.83. The molecule has 0 saturated carbocycles. The summed E-state index contributed by atoms with van der Waals surface area (Å²) in [6.45, 7) is 5.20. The number of carbonyl (C=O) groups is 2. The van der Waals surface area contributed by atoms with Crippen LogP contribution in [0, 0.1) is 0 Å². The lowest BCUT2D eigenvalue weighted by molar-refractivity contribution is -0.150. The monoisotopic (exact) mass is 294 g/mol. The smallest absolute Gasteiger partial charge is 0.344 e. The highest BCUT2D eigenvalue weighted by molar-refractivity contribution is 5.81. The number of nitrogens with one attached hydrogen (secondary N) is 1. The standard InChI is InChI=1S/C15H22N2O4/c1-4-15(2,3)17-13(18)9-21-14(19)10-20-12-7-5-11(16)6-8-12/h5-8H,4,9-10,16H2,1-3H3,(H,17,18). The Bertz CT molecular complexity index is 483. The molecule has 0 bridgehead atoms. The number of benzene rings is 1. The van der Waals surface area contributed by atoms with E-state index >= 15 is 0 Å². The van der Waals surface area contributed by atoms with Crippen LogP contribution >= 0.6 is 0 Å². The van der Waals surface area contributed by atoms with Gasteiger partial charge in [0.2, 0.25) is 0 Å². The molecule has 21 heavy (non-hydrogen) atoms. The number of amides is 1. The molecule has 0 heterocycles. The number of hydrogen-bond donors (Lipinski definition) is 2. The number of ether oxygens (including phenoxy) is 2. The van der Waals surface area contributed by atoms with E-state index in [4.69, 9.17) is 15.2 Å². The Hall–Kier alpha value is -2.24. The molecule has 0 aliphatic heterocycles. The molecule has 1 rings (SSSR count). The van der Waals surface area contributed by atoms with Crippen LogP contribution in [0.3, 0.4) is 0 Å².